The Morgan fingerprint density at radius 3 is 2.58 bits per heavy atom. The Labute approximate surface area is 225 Å². The molecule has 2 aromatic carbocycles. The van der Waals surface area contributed by atoms with E-state index in [9.17, 15) is 13.6 Å². The van der Waals surface area contributed by atoms with Gasteiger partial charge in [-0.15, -0.1) is 10.2 Å². The number of carbonyl (C=O) groups excluding carboxylic acids is 1. The fourth-order valence-electron chi connectivity index (χ4n) is 5.42. The fraction of sp³-hybridized carbons (Fsp3) is 0.357. The molecule has 3 aromatic rings. The fourth-order valence-corrected chi connectivity index (χ4v) is 5.55. The van der Waals surface area contributed by atoms with E-state index in [-0.39, 0.29) is 17.6 Å². The summed E-state index contributed by atoms with van der Waals surface area (Å²) in [7, 11) is 0. The van der Waals surface area contributed by atoms with E-state index in [0.29, 0.717) is 49.1 Å². The summed E-state index contributed by atoms with van der Waals surface area (Å²) in [6, 6.07) is 16.7. The molecule has 7 nitrogen and oxygen atoms in total. The van der Waals surface area contributed by atoms with Gasteiger partial charge in [-0.2, -0.15) is 5.26 Å². The Balaban J connectivity index is 1.34. The predicted octanol–water partition coefficient (Wildman–Crippen LogP) is 4.45. The number of halogens is 3. The van der Waals surface area contributed by atoms with Crippen molar-refractivity contribution < 1.29 is 13.6 Å². The molecule has 1 amide bonds. The van der Waals surface area contributed by atoms with E-state index >= 15 is 0 Å². The lowest BCUT2D eigenvalue weighted by atomic mass is 9.87. The number of nitrogens with zero attached hydrogens (tertiary/aromatic N) is 5. The van der Waals surface area contributed by atoms with Crippen molar-refractivity contribution in [3.63, 3.8) is 0 Å². The number of benzene rings is 2. The van der Waals surface area contributed by atoms with Crippen molar-refractivity contribution >= 4 is 23.3 Å². The van der Waals surface area contributed by atoms with Gasteiger partial charge in [0.25, 0.3) is 0 Å². The Bertz CT molecular complexity index is 1320. The first kappa shape index (κ1) is 26.0. The molecule has 2 fully saturated rings. The average Bonchev–Trinajstić information content (AvgIpc) is 3.34. The summed E-state index contributed by atoms with van der Waals surface area (Å²) in [5.74, 6) is -1.91. The van der Waals surface area contributed by atoms with Crippen molar-refractivity contribution in [3.05, 3.63) is 88.1 Å². The molecule has 38 heavy (non-hydrogen) atoms. The number of aromatic nitrogens is 2. The Hall–Kier alpha value is -3.61. The van der Waals surface area contributed by atoms with Crippen LogP contribution in [0, 0.1) is 28.9 Å². The summed E-state index contributed by atoms with van der Waals surface area (Å²) in [5.41, 5.74) is 1.66. The molecule has 0 bridgehead atoms. The van der Waals surface area contributed by atoms with Crippen LogP contribution < -0.4 is 10.2 Å². The van der Waals surface area contributed by atoms with Crippen molar-refractivity contribution in [3.8, 4) is 6.07 Å². The third kappa shape index (κ3) is 5.62. The van der Waals surface area contributed by atoms with E-state index in [0.717, 1.165) is 24.5 Å². The number of rotatable bonds is 4. The second-order valence-electron chi connectivity index (χ2n) is 9.70. The Morgan fingerprint density at radius 2 is 1.87 bits per heavy atom. The number of carbonyl (C=O) groups is 1. The predicted molar refractivity (Wildman–Crippen MR) is 140 cm³/mol. The van der Waals surface area contributed by atoms with E-state index in [4.69, 9.17) is 16.9 Å². The molecule has 10 heteroatoms. The molecule has 3 atom stereocenters. The van der Waals surface area contributed by atoms with Gasteiger partial charge in [-0.05, 0) is 54.3 Å². The number of hydrogen-bond donors (Lipinski definition) is 1. The topological polar surface area (TPSA) is 85.2 Å². The standard InChI is InChI=1S/C28H27ClF2N6O/c29-19-5-3-18(4-6-19)26-2-1-12-36(13-11-33-26)28(38)24-17-37(27-10-8-21(15-32)34-35-27)16-23(24)22-9-7-20(30)14-25(22)31/h3-10,14,23-24,26,33H,1-2,11-13,16-17H2/t23-,24+,26-/m0/s1. The van der Waals surface area contributed by atoms with Gasteiger partial charge >= 0.3 is 0 Å². The van der Waals surface area contributed by atoms with Gasteiger partial charge in [0.2, 0.25) is 5.91 Å². The van der Waals surface area contributed by atoms with Crippen molar-refractivity contribution in [2.24, 2.45) is 5.92 Å². The van der Waals surface area contributed by atoms with E-state index in [2.05, 4.69) is 15.5 Å². The molecule has 0 spiro atoms. The first-order valence-corrected chi connectivity index (χ1v) is 13.0. The van der Waals surface area contributed by atoms with Crippen LogP contribution in [0.1, 0.15) is 41.6 Å². The smallest absolute Gasteiger partial charge is 0.228 e. The molecular weight excluding hydrogens is 510 g/mol. The van der Waals surface area contributed by atoms with Crippen molar-refractivity contribution in [2.45, 2.75) is 24.8 Å². The lowest BCUT2D eigenvalue weighted by Crippen LogP contribution is -2.45. The van der Waals surface area contributed by atoms with Gasteiger partial charge in [-0.3, -0.25) is 4.79 Å². The lowest BCUT2D eigenvalue weighted by Gasteiger charge is -2.32. The van der Waals surface area contributed by atoms with Crippen LogP contribution in [0.25, 0.3) is 0 Å². The average molecular weight is 537 g/mol. The molecule has 1 aromatic heterocycles. The maximum absolute atomic E-state index is 14.9. The van der Waals surface area contributed by atoms with Crippen LogP contribution in [0.15, 0.2) is 54.6 Å². The van der Waals surface area contributed by atoms with E-state index < -0.39 is 23.5 Å². The molecule has 2 aliphatic heterocycles. The minimum atomic E-state index is -0.666. The summed E-state index contributed by atoms with van der Waals surface area (Å²) in [6.07, 6.45) is 1.66. The van der Waals surface area contributed by atoms with Gasteiger partial charge in [0, 0.05) is 55.8 Å². The summed E-state index contributed by atoms with van der Waals surface area (Å²) in [5, 5.41) is 21.3. The van der Waals surface area contributed by atoms with Crippen LogP contribution in [-0.2, 0) is 4.79 Å². The number of anilines is 1. The highest BCUT2D eigenvalue weighted by atomic mass is 35.5. The SMILES string of the molecule is N#Cc1ccc(N2C[C@@H](C(=O)N3CCC[C@@H](c4ccc(Cl)cc4)NCC3)[C@H](c3ccc(F)cc3F)C2)nn1. The van der Waals surface area contributed by atoms with Crippen LogP contribution in [0.5, 0.6) is 0 Å². The highest BCUT2D eigenvalue weighted by Gasteiger charge is 2.42. The highest BCUT2D eigenvalue weighted by molar-refractivity contribution is 6.30. The molecule has 3 heterocycles. The summed E-state index contributed by atoms with van der Waals surface area (Å²) >= 11 is 6.03. The van der Waals surface area contributed by atoms with E-state index in [1.54, 1.807) is 12.1 Å². The van der Waals surface area contributed by atoms with E-state index in [1.165, 1.54) is 12.1 Å². The van der Waals surface area contributed by atoms with Gasteiger partial charge < -0.3 is 15.1 Å². The Kier molecular flexibility index (Phi) is 7.82. The summed E-state index contributed by atoms with van der Waals surface area (Å²) in [6.45, 7) is 2.37. The summed E-state index contributed by atoms with van der Waals surface area (Å²) < 4.78 is 28.6. The Morgan fingerprint density at radius 1 is 1.05 bits per heavy atom. The van der Waals surface area contributed by atoms with Gasteiger partial charge in [-0.1, -0.05) is 29.8 Å². The molecule has 0 aliphatic carbocycles. The first-order chi connectivity index (χ1) is 18.4. The number of nitrogens with one attached hydrogen (secondary N) is 1. The lowest BCUT2D eigenvalue weighted by molar-refractivity contribution is -0.135. The second kappa shape index (κ2) is 11.4. The monoisotopic (exact) mass is 536 g/mol. The van der Waals surface area contributed by atoms with Gasteiger partial charge in [0.05, 0.1) is 5.92 Å². The summed E-state index contributed by atoms with van der Waals surface area (Å²) in [4.78, 5) is 17.6. The maximum Gasteiger partial charge on any atom is 0.228 e. The number of hydrogen-bond acceptors (Lipinski definition) is 6. The van der Waals surface area contributed by atoms with Gasteiger partial charge in [0.15, 0.2) is 11.5 Å². The van der Waals surface area contributed by atoms with Gasteiger partial charge in [0.1, 0.15) is 17.7 Å². The van der Waals surface area contributed by atoms with Crippen molar-refractivity contribution in [2.75, 3.05) is 37.6 Å². The van der Waals surface area contributed by atoms with Crippen molar-refractivity contribution in [1.29, 1.82) is 5.26 Å². The minimum absolute atomic E-state index is 0.0606. The third-order valence-electron chi connectivity index (χ3n) is 7.37. The highest BCUT2D eigenvalue weighted by Crippen LogP contribution is 2.37. The minimum Gasteiger partial charge on any atom is -0.354 e. The zero-order valence-electron chi connectivity index (χ0n) is 20.7. The van der Waals surface area contributed by atoms with Crippen LogP contribution >= 0.6 is 11.6 Å². The number of nitriles is 1. The largest absolute Gasteiger partial charge is 0.354 e. The van der Waals surface area contributed by atoms with Crippen LogP contribution in [0.3, 0.4) is 0 Å². The van der Waals surface area contributed by atoms with Crippen molar-refractivity contribution in [1.82, 2.24) is 20.4 Å². The normalized spacial score (nSPS) is 22.0. The maximum atomic E-state index is 14.9. The zero-order valence-corrected chi connectivity index (χ0v) is 21.4. The van der Waals surface area contributed by atoms with Crippen LogP contribution in [0.4, 0.5) is 14.6 Å². The number of amides is 1. The molecule has 196 valence electrons. The third-order valence-corrected chi connectivity index (χ3v) is 7.62. The molecule has 0 saturated carbocycles. The molecule has 2 aliphatic rings. The molecule has 0 radical (unpaired) electrons. The van der Waals surface area contributed by atoms with Crippen LogP contribution in [-0.4, -0.2) is 53.7 Å². The quantitative estimate of drug-likeness (QED) is 0.530. The molecule has 5 rings (SSSR count). The molecular formula is C28H27ClF2N6O. The van der Waals surface area contributed by atoms with E-state index in [1.807, 2.05) is 40.1 Å². The molecule has 2 saturated heterocycles. The van der Waals surface area contributed by atoms with Gasteiger partial charge in [-0.25, -0.2) is 8.78 Å². The molecule has 1 N–H and O–H groups in total. The van der Waals surface area contributed by atoms with Crippen LogP contribution in [0.2, 0.25) is 5.02 Å². The first-order valence-electron chi connectivity index (χ1n) is 12.6. The zero-order chi connectivity index (χ0) is 26.6. The molecule has 0 unspecified atom stereocenters. The second-order valence-corrected chi connectivity index (χ2v) is 10.1.